The first kappa shape index (κ1) is 11.4. The summed E-state index contributed by atoms with van der Waals surface area (Å²) in [5, 5.41) is 17.4. The molecule has 0 bridgehead atoms. The van der Waals surface area contributed by atoms with Gasteiger partial charge in [0.15, 0.2) is 0 Å². The Morgan fingerprint density at radius 1 is 1.69 bits per heavy atom. The highest BCUT2D eigenvalue weighted by Gasteiger charge is 2.26. The van der Waals surface area contributed by atoms with Gasteiger partial charge in [0.1, 0.15) is 0 Å². The van der Waals surface area contributed by atoms with Crippen LogP contribution < -0.4 is 21.8 Å². The number of anilines is 1. The zero-order valence-electron chi connectivity index (χ0n) is 8.13. The Morgan fingerprint density at radius 3 is 2.69 bits per heavy atom. The van der Waals surface area contributed by atoms with E-state index < -0.39 is 28.1 Å². The first-order valence-corrected chi connectivity index (χ1v) is 3.87. The second-order valence-electron chi connectivity index (χ2n) is 2.71. The molecule has 0 atom stereocenters. The highest BCUT2D eigenvalue weighted by molar-refractivity contribution is 5.71. The summed E-state index contributed by atoms with van der Waals surface area (Å²) in [6.45, 7) is 0. The standard InChI is InChI=1S/C6H8N6O4/c1-11-4(13)2(12(14)15)3(10-6(11)9)16-5(7)8/h1H3,(H3,7,8)(H2,9,10). The Hall–Kier alpha value is -2.65. The number of nitro groups is 1. The monoisotopic (exact) mass is 228 g/mol. The number of ether oxygens (including phenoxy) is 1. The Kier molecular flexibility index (Phi) is 2.74. The lowest BCUT2D eigenvalue weighted by atomic mass is 10.5. The van der Waals surface area contributed by atoms with E-state index in [2.05, 4.69) is 9.72 Å². The summed E-state index contributed by atoms with van der Waals surface area (Å²) in [6.07, 6.45) is 0. The van der Waals surface area contributed by atoms with Crippen LogP contribution in [0.2, 0.25) is 0 Å². The molecule has 10 nitrogen and oxygen atoms in total. The minimum Gasteiger partial charge on any atom is -0.400 e. The van der Waals surface area contributed by atoms with Crippen molar-refractivity contribution in [1.82, 2.24) is 9.55 Å². The van der Waals surface area contributed by atoms with Crippen molar-refractivity contribution in [2.24, 2.45) is 12.8 Å². The molecule has 86 valence electrons. The van der Waals surface area contributed by atoms with Crippen LogP contribution in [0.3, 0.4) is 0 Å². The molecule has 0 spiro atoms. The lowest BCUT2D eigenvalue weighted by molar-refractivity contribution is -0.387. The van der Waals surface area contributed by atoms with E-state index in [-0.39, 0.29) is 5.95 Å². The van der Waals surface area contributed by atoms with Crippen molar-refractivity contribution < 1.29 is 9.66 Å². The second kappa shape index (κ2) is 3.84. The minimum absolute atomic E-state index is 0.285. The quantitative estimate of drug-likeness (QED) is 0.241. The van der Waals surface area contributed by atoms with Gasteiger partial charge in [-0.05, 0) is 0 Å². The number of rotatable bonds is 2. The van der Waals surface area contributed by atoms with Gasteiger partial charge in [-0.15, -0.1) is 0 Å². The molecule has 0 saturated heterocycles. The van der Waals surface area contributed by atoms with E-state index in [0.717, 1.165) is 4.57 Å². The van der Waals surface area contributed by atoms with Gasteiger partial charge in [0.25, 0.3) is 6.02 Å². The van der Waals surface area contributed by atoms with Crippen LogP contribution in [0.1, 0.15) is 0 Å². The Labute approximate surface area is 88.1 Å². The predicted octanol–water partition coefficient (Wildman–Crippen LogP) is -1.46. The van der Waals surface area contributed by atoms with Crippen LogP contribution in [0.25, 0.3) is 0 Å². The number of hydrogen-bond acceptors (Lipinski definition) is 7. The van der Waals surface area contributed by atoms with Crippen LogP contribution >= 0.6 is 0 Å². The average molecular weight is 228 g/mol. The Bertz CT molecular complexity index is 520. The van der Waals surface area contributed by atoms with Gasteiger partial charge >= 0.3 is 17.1 Å². The van der Waals surface area contributed by atoms with Crippen LogP contribution in [0.15, 0.2) is 4.79 Å². The predicted molar refractivity (Wildman–Crippen MR) is 53.1 cm³/mol. The average Bonchev–Trinajstić information content (AvgIpc) is 2.12. The maximum atomic E-state index is 11.4. The summed E-state index contributed by atoms with van der Waals surface area (Å²) < 4.78 is 5.22. The van der Waals surface area contributed by atoms with E-state index in [1.807, 2.05) is 0 Å². The van der Waals surface area contributed by atoms with Gasteiger partial charge in [-0.1, -0.05) is 0 Å². The van der Waals surface area contributed by atoms with Gasteiger partial charge in [0.05, 0.1) is 4.92 Å². The number of nitrogens with two attached hydrogens (primary N) is 2. The summed E-state index contributed by atoms with van der Waals surface area (Å²) in [5.74, 6) is -0.982. The van der Waals surface area contributed by atoms with Gasteiger partial charge in [0, 0.05) is 7.05 Å². The van der Waals surface area contributed by atoms with Crippen LogP contribution in [0, 0.1) is 15.5 Å². The van der Waals surface area contributed by atoms with Gasteiger partial charge in [-0.2, -0.15) is 4.98 Å². The van der Waals surface area contributed by atoms with Crippen LogP contribution in [0.4, 0.5) is 11.6 Å². The highest BCUT2D eigenvalue weighted by Crippen LogP contribution is 2.20. The fourth-order valence-corrected chi connectivity index (χ4v) is 0.918. The van der Waals surface area contributed by atoms with Crippen molar-refractivity contribution in [2.75, 3.05) is 5.73 Å². The normalized spacial score (nSPS) is 9.81. The van der Waals surface area contributed by atoms with Gasteiger partial charge in [0.2, 0.25) is 5.95 Å². The molecule has 0 radical (unpaired) electrons. The number of nitrogen functional groups attached to an aromatic ring is 1. The molecule has 5 N–H and O–H groups in total. The molecule has 0 aliphatic heterocycles. The van der Waals surface area contributed by atoms with Crippen LogP contribution in [-0.4, -0.2) is 20.5 Å². The topological polar surface area (TPSA) is 163 Å². The van der Waals surface area contributed by atoms with Crippen molar-refractivity contribution >= 4 is 17.7 Å². The van der Waals surface area contributed by atoms with Crippen LogP contribution in [-0.2, 0) is 7.05 Å². The summed E-state index contributed by atoms with van der Waals surface area (Å²) in [6, 6.07) is -0.830. The first-order valence-electron chi connectivity index (χ1n) is 3.87. The molecule has 0 amide bonds. The lowest BCUT2D eigenvalue weighted by Gasteiger charge is -2.06. The summed E-state index contributed by atoms with van der Waals surface area (Å²) >= 11 is 0. The third-order valence-corrected chi connectivity index (χ3v) is 1.66. The molecular formula is C6H8N6O4. The highest BCUT2D eigenvalue weighted by atomic mass is 16.6. The number of nitrogens with zero attached hydrogens (tertiary/aromatic N) is 3. The molecule has 0 fully saturated rings. The number of hydrogen-bond donors (Lipinski definition) is 3. The first-order chi connectivity index (χ1) is 7.34. The van der Waals surface area contributed by atoms with E-state index in [1.54, 1.807) is 0 Å². The van der Waals surface area contributed by atoms with E-state index in [1.165, 1.54) is 7.05 Å². The minimum atomic E-state index is -0.992. The van der Waals surface area contributed by atoms with E-state index >= 15 is 0 Å². The molecule has 1 rings (SSSR count). The molecule has 1 heterocycles. The van der Waals surface area contributed by atoms with Crippen molar-refractivity contribution in [1.29, 1.82) is 5.41 Å². The number of nitrogens with one attached hydrogen (secondary N) is 1. The van der Waals surface area contributed by atoms with E-state index in [0.29, 0.717) is 0 Å². The second-order valence-corrected chi connectivity index (χ2v) is 2.71. The zero-order valence-corrected chi connectivity index (χ0v) is 8.13. The molecule has 1 aromatic rings. The van der Waals surface area contributed by atoms with E-state index in [9.17, 15) is 14.9 Å². The van der Waals surface area contributed by atoms with Crippen molar-refractivity contribution in [2.45, 2.75) is 0 Å². The smallest absolute Gasteiger partial charge is 0.396 e. The summed E-state index contributed by atoms with van der Waals surface area (Å²) in [5.41, 5.74) is 8.27. The van der Waals surface area contributed by atoms with Gasteiger partial charge in [-0.3, -0.25) is 24.9 Å². The molecule has 0 aliphatic rings. The van der Waals surface area contributed by atoms with E-state index in [4.69, 9.17) is 16.9 Å². The third kappa shape index (κ3) is 1.89. The van der Waals surface area contributed by atoms with Gasteiger partial charge < -0.3 is 16.2 Å². The van der Waals surface area contributed by atoms with Gasteiger partial charge in [-0.25, -0.2) is 0 Å². The Balaban J connectivity index is 3.53. The Morgan fingerprint density at radius 2 is 2.25 bits per heavy atom. The van der Waals surface area contributed by atoms with Crippen molar-refractivity contribution in [3.8, 4) is 5.88 Å². The maximum Gasteiger partial charge on any atom is 0.396 e. The number of aromatic nitrogens is 2. The van der Waals surface area contributed by atoms with Crippen molar-refractivity contribution in [3.05, 3.63) is 20.5 Å². The molecule has 0 saturated carbocycles. The zero-order chi connectivity index (χ0) is 12.5. The maximum absolute atomic E-state index is 11.4. The fourth-order valence-electron chi connectivity index (χ4n) is 0.918. The summed E-state index contributed by atoms with van der Waals surface area (Å²) in [7, 11) is 1.22. The molecule has 10 heteroatoms. The molecule has 16 heavy (non-hydrogen) atoms. The largest absolute Gasteiger partial charge is 0.400 e. The molecule has 0 aliphatic carbocycles. The molecule has 0 aromatic carbocycles. The molecular weight excluding hydrogens is 220 g/mol. The fraction of sp³-hybridized carbons (Fsp3) is 0.167. The molecule has 0 unspecified atom stereocenters. The van der Waals surface area contributed by atoms with Crippen molar-refractivity contribution in [3.63, 3.8) is 0 Å². The number of amidine groups is 1. The SMILES string of the molecule is Cn1c(N)nc(OC(=N)N)c([N+](=O)[O-])c1=O. The third-order valence-electron chi connectivity index (χ3n) is 1.66. The lowest BCUT2D eigenvalue weighted by Crippen LogP contribution is -2.27. The summed E-state index contributed by atoms with van der Waals surface area (Å²) in [4.78, 5) is 24.5. The van der Waals surface area contributed by atoms with Crippen LogP contribution in [0.5, 0.6) is 5.88 Å². The molecule has 1 aromatic heterocycles.